The van der Waals surface area contributed by atoms with Crippen LogP contribution >= 0.6 is 0 Å². The monoisotopic (exact) mass is 348 g/mol. The molecule has 1 atom stereocenters. The number of H-pyrrole nitrogens is 1. The minimum atomic E-state index is -0.641. The predicted octanol–water partition coefficient (Wildman–Crippen LogP) is 2.62. The summed E-state index contributed by atoms with van der Waals surface area (Å²) < 4.78 is 0. The maximum Gasteiger partial charge on any atom is 0.234 e. The third-order valence-electron chi connectivity index (χ3n) is 5.00. The molecular weight excluding hydrogens is 316 g/mol. The number of nitrogens with one attached hydrogen (secondary N) is 2. The van der Waals surface area contributed by atoms with E-state index in [0.29, 0.717) is 19.5 Å². The summed E-state index contributed by atoms with van der Waals surface area (Å²) >= 11 is 0. The molecule has 25 heavy (non-hydrogen) atoms. The van der Waals surface area contributed by atoms with Crippen LogP contribution in [0.15, 0.2) is 12.5 Å². The topological polar surface area (TPSA) is 78.1 Å². The van der Waals surface area contributed by atoms with Crippen molar-refractivity contribution in [1.82, 2.24) is 20.2 Å². The molecule has 1 aromatic rings. The van der Waals surface area contributed by atoms with Crippen molar-refractivity contribution >= 4 is 11.8 Å². The first kappa shape index (κ1) is 19.5. The first-order valence-corrected chi connectivity index (χ1v) is 9.23. The molecule has 0 bridgehead atoms. The lowest BCUT2D eigenvalue weighted by molar-refractivity contribution is -0.137. The van der Waals surface area contributed by atoms with E-state index in [1.165, 1.54) is 0 Å². The van der Waals surface area contributed by atoms with Crippen LogP contribution in [0, 0.1) is 5.41 Å². The van der Waals surface area contributed by atoms with Gasteiger partial charge >= 0.3 is 0 Å². The molecule has 0 saturated carbocycles. The number of carbonyl (C=O) groups is 2. The number of hydrogen-bond acceptors (Lipinski definition) is 3. The number of nitrogens with zero attached hydrogens (tertiary/aromatic N) is 2. The van der Waals surface area contributed by atoms with Crippen molar-refractivity contribution in [2.24, 2.45) is 5.41 Å². The van der Waals surface area contributed by atoms with Crippen LogP contribution in [0.4, 0.5) is 0 Å². The van der Waals surface area contributed by atoms with Gasteiger partial charge in [0.2, 0.25) is 11.8 Å². The smallest absolute Gasteiger partial charge is 0.234 e. The van der Waals surface area contributed by atoms with E-state index >= 15 is 0 Å². The van der Waals surface area contributed by atoms with E-state index in [1.807, 2.05) is 25.7 Å². The molecule has 2 N–H and O–H groups in total. The molecule has 2 heterocycles. The molecule has 6 nitrogen and oxygen atoms in total. The normalized spacial score (nSPS) is 20.8. The van der Waals surface area contributed by atoms with Gasteiger partial charge in [0, 0.05) is 37.4 Å². The highest BCUT2D eigenvalue weighted by molar-refractivity contribution is 5.87. The van der Waals surface area contributed by atoms with Crippen molar-refractivity contribution in [3.8, 4) is 0 Å². The molecule has 1 aromatic heterocycles. The summed E-state index contributed by atoms with van der Waals surface area (Å²) in [6, 6.07) is 0.127. The van der Waals surface area contributed by atoms with Crippen LogP contribution in [0.2, 0.25) is 0 Å². The van der Waals surface area contributed by atoms with Gasteiger partial charge in [-0.25, -0.2) is 4.98 Å². The fourth-order valence-electron chi connectivity index (χ4n) is 3.67. The molecule has 1 saturated heterocycles. The van der Waals surface area contributed by atoms with Crippen molar-refractivity contribution in [3.63, 3.8) is 0 Å². The molecule has 0 radical (unpaired) electrons. The zero-order chi connectivity index (χ0) is 18.7. The Balaban J connectivity index is 2.10. The van der Waals surface area contributed by atoms with Gasteiger partial charge in [0.15, 0.2) is 0 Å². The molecule has 6 heteroatoms. The number of amides is 2. The number of carbonyl (C=O) groups excluding carboxylic acids is 2. The van der Waals surface area contributed by atoms with Gasteiger partial charge in [-0.3, -0.25) is 9.59 Å². The van der Waals surface area contributed by atoms with E-state index in [2.05, 4.69) is 29.1 Å². The van der Waals surface area contributed by atoms with E-state index in [-0.39, 0.29) is 23.3 Å². The molecule has 1 fully saturated rings. The van der Waals surface area contributed by atoms with Crippen LogP contribution in [-0.2, 0) is 15.0 Å². The summed E-state index contributed by atoms with van der Waals surface area (Å²) in [4.78, 5) is 34.2. The van der Waals surface area contributed by atoms with E-state index in [9.17, 15) is 9.59 Å². The molecule has 0 spiro atoms. The van der Waals surface area contributed by atoms with Crippen molar-refractivity contribution in [2.75, 3.05) is 13.1 Å². The van der Waals surface area contributed by atoms with Crippen LogP contribution in [-0.4, -0.2) is 45.8 Å². The fourth-order valence-corrected chi connectivity index (χ4v) is 3.67. The Morgan fingerprint density at radius 2 is 2.16 bits per heavy atom. The van der Waals surface area contributed by atoms with Gasteiger partial charge in [0.1, 0.15) is 0 Å². The highest BCUT2D eigenvalue weighted by Gasteiger charge is 2.39. The maximum atomic E-state index is 13.2. The molecule has 1 unspecified atom stereocenters. The quantitative estimate of drug-likeness (QED) is 0.858. The minimum absolute atomic E-state index is 0.0413. The molecule has 0 aliphatic carbocycles. The molecule has 2 amide bonds. The Morgan fingerprint density at radius 1 is 1.44 bits per heavy atom. The van der Waals surface area contributed by atoms with Crippen LogP contribution in [0.3, 0.4) is 0 Å². The average molecular weight is 348 g/mol. The summed E-state index contributed by atoms with van der Waals surface area (Å²) in [6.45, 7) is 11.6. The first-order valence-electron chi connectivity index (χ1n) is 9.23. The number of rotatable bonds is 5. The van der Waals surface area contributed by atoms with Crippen LogP contribution in [0.1, 0.15) is 66.0 Å². The Bertz CT molecular complexity index is 593. The molecule has 140 valence electrons. The van der Waals surface area contributed by atoms with Crippen LogP contribution < -0.4 is 5.32 Å². The Labute approximate surface area is 150 Å². The molecular formula is C19H32N4O2. The van der Waals surface area contributed by atoms with Crippen molar-refractivity contribution < 1.29 is 9.59 Å². The minimum Gasteiger partial charge on any atom is -0.353 e. The van der Waals surface area contributed by atoms with Crippen LogP contribution in [0.5, 0.6) is 0 Å². The van der Waals surface area contributed by atoms with Gasteiger partial charge in [0.25, 0.3) is 0 Å². The van der Waals surface area contributed by atoms with E-state index < -0.39 is 5.41 Å². The SMILES string of the molecule is CCCC(=O)NC1CCN(C(=O)C(C)(C)c2cnc[nH]2)CC(C)(C)C1. The van der Waals surface area contributed by atoms with Crippen molar-refractivity contribution in [3.05, 3.63) is 18.2 Å². The van der Waals surface area contributed by atoms with Gasteiger partial charge in [-0.1, -0.05) is 20.8 Å². The second kappa shape index (κ2) is 7.58. The van der Waals surface area contributed by atoms with Gasteiger partial charge in [-0.2, -0.15) is 0 Å². The fraction of sp³-hybridized carbons (Fsp3) is 0.737. The zero-order valence-corrected chi connectivity index (χ0v) is 16.2. The highest BCUT2D eigenvalue weighted by atomic mass is 16.2. The Morgan fingerprint density at radius 3 is 2.76 bits per heavy atom. The summed E-state index contributed by atoms with van der Waals surface area (Å²) in [7, 11) is 0. The number of aromatic amines is 1. The second-order valence-corrected chi connectivity index (χ2v) is 8.49. The van der Waals surface area contributed by atoms with Gasteiger partial charge in [-0.05, 0) is 38.5 Å². The first-order chi connectivity index (χ1) is 11.7. The predicted molar refractivity (Wildman–Crippen MR) is 98.0 cm³/mol. The summed E-state index contributed by atoms with van der Waals surface area (Å²) in [5.74, 6) is 0.214. The lowest BCUT2D eigenvalue weighted by Gasteiger charge is -2.34. The van der Waals surface area contributed by atoms with Crippen molar-refractivity contribution in [2.45, 2.75) is 71.8 Å². The van der Waals surface area contributed by atoms with Crippen LogP contribution in [0.25, 0.3) is 0 Å². The zero-order valence-electron chi connectivity index (χ0n) is 16.2. The van der Waals surface area contributed by atoms with E-state index in [0.717, 1.165) is 25.0 Å². The lowest BCUT2D eigenvalue weighted by atomic mass is 9.84. The number of imidazole rings is 1. The van der Waals surface area contributed by atoms with E-state index in [4.69, 9.17) is 0 Å². The summed E-state index contributed by atoms with van der Waals surface area (Å²) in [5, 5.41) is 3.15. The summed E-state index contributed by atoms with van der Waals surface area (Å²) in [6.07, 6.45) is 6.42. The molecule has 2 rings (SSSR count). The van der Waals surface area contributed by atoms with Crippen molar-refractivity contribution in [1.29, 1.82) is 0 Å². The number of likely N-dealkylation sites (tertiary alicyclic amines) is 1. The van der Waals surface area contributed by atoms with E-state index in [1.54, 1.807) is 12.5 Å². The molecule has 0 aromatic carbocycles. The van der Waals surface area contributed by atoms with Gasteiger partial charge < -0.3 is 15.2 Å². The Hall–Kier alpha value is -1.85. The average Bonchev–Trinajstić information content (AvgIpc) is 3.00. The third-order valence-corrected chi connectivity index (χ3v) is 5.00. The molecule has 1 aliphatic rings. The maximum absolute atomic E-state index is 13.2. The second-order valence-electron chi connectivity index (χ2n) is 8.49. The summed E-state index contributed by atoms with van der Waals surface area (Å²) in [5.41, 5.74) is 0.144. The largest absolute Gasteiger partial charge is 0.353 e. The lowest BCUT2D eigenvalue weighted by Crippen LogP contribution is -2.46. The third kappa shape index (κ3) is 4.83. The van der Waals surface area contributed by atoms with Gasteiger partial charge in [0.05, 0.1) is 11.7 Å². The highest BCUT2D eigenvalue weighted by Crippen LogP contribution is 2.32. The Kier molecular flexibility index (Phi) is 5.91. The number of hydrogen-bond donors (Lipinski definition) is 2. The molecule has 1 aliphatic heterocycles. The standard InChI is InChI=1S/C19H32N4O2/c1-6-7-16(24)22-14-8-9-23(12-18(2,3)10-14)17(25)19(4,5)15-11-20-13-21-15/h11,13-14H,6-10,12H2,1-5H3,(H,20,21)(H,22,24). The number of aromatic nitrogens is 2. The van der Waals surface area contributed by atoms with Gasteiger partial charge in [-0.15, -0.1) is 0 Å².